The average Bonchev–Trinajstić information content (AvgIpc) is 3.08. The first-order chi connectivity index (χ1) is 12.6. The van der Waals surface area contributed by atoms with Crippen LogP contribution >= 0.6 is 11.3 Å². The maximum Gasteiger partial charge on any atom is 0.251 e. The van der Waals surface area contributed by atoms with Crippen LogP contribution in [0.4, 0.5) is 5.69 Å². The van der Waals surface area contributed by atoms with Gasteiger partial charge in [0.1, 0.15) is 5.01 Å². The van der Waals surface area contributed by atoms with Crippen LogP contribution in [0.3, 0.4) is 0 Å². The summed E-state index contributed by atoms with van der Waals surface area (Å²) < 4.78 is 1.02. The molecular formula is C20H18N4OS. The fourth-order valence-electron chi connectivity index (χ4n) is 2.56. The summed E-state index contributed by atoms with van der Waals surface area (Å²) in [5.74, 6) is -0.501. The molecule has 0 unspecified atom stereocenters. The van der Waals surface area contributed by atoms with Crippen LogP contribution in [0.25, 0.3) is 21.9 Å². The van der Waals surface area contributed by atoms with Crippen molar-refractivity contribution in [2.45, 2.75) is 6.42 Å². The molecule has 1 aromatic heterocycles. The number of hydrogen-bond acceptors (Lipinski definition) is 5. The van der Waals surface area contributed by atoms with Gasteiger partial charge in [0.05, 0.1) is 28.3 Å². The molecular weight excluding hydrogens is 344 g/mol. The van der Waals surface area contributed by atoms with Crippen molar-refractivity contribution in [2.75, 3.05) is 18.5 Å². The summed E-state index contributed by atoms with van der Waals surface area (Å²) >= 11 is 1.45. The van der Waals surface area contributed by atoms with Gasteiger partial charge in [-0.1, -0.05) is 24.3 Å². The van der Waals surface area contributed by atoms with Crippen molar-refractivity contribution in [1.29, 1.82) is 5.26 Å². The summed E-state index contributed by atoms with van der Waals surface area (Å²) in [5, 5.41) is 9.30. The van der Waals surface area contributed by atoms with Gasteiger partial charge < -0.3 is 10.6 Å². The maximum atomic E-state index is 12.0. The molecule has 0 fully saturated rings. The number of hydrogen-bond donors (Lipinski definition) is 1. The van der Waals surface area contributed by atoms with E-state index in [1.54, 1.807) is 6.08 Å². The van der Waals surface area contributed by atoms with Gasteiger partial charge >= 0.3 is 0 Å². The number of rotatable bonds is 6. The molecule has 5 nitrogen and oxygen atoms in total. The summed E-state index contributed by atoms with van der Waals surface area (Å²) in [6, 6.07) is 17.7. The predicted octanol–water partition coefficient (Wildman–Crippen LogP) is 3.67. The minimum Gasteiger partial charge on any atom is -0.374 e. The zero-order chi connectivity index (χ0) is 18.5. The molecule has 1 heterocycles. The van der Waals surface area contributed by atoms with Crippen molar-refractivity contribution in [2.24, 2.45) is 5.73 Å². The van der Waals surface area contributed by atoms with Crippen molar-refractivity contribution < 1.29 is 4.79 Å². The van der Waals surface area contributed by atoms with E-state index < -0.39 is 5.91 Å². The van der Waals surface area contributed by atoms with E-state index >= 15 is 0 Å². The number of carbonyl (C=O) groups excluding carboxylic acids is 1. The van der Waals surface area contributed by atoms with Gasteiger partial charge in [-0.05, 0) is 35.9 Å². The topological polar surface area (TPSA) is 83.0 Å². The van der Waals surface area contributed by atoms with Crippen molar-refractivity contribution in [3.8, 4) is 6.07 Å². The molecule has 0 saturated carbocycles. The lowest BCUT2D eigenvalue weighted by molar-refractivity contribution is -0.112. The Bertz CT molecular complexity index is 966. The molecule has 3 aromatic rings. The summed E-state index contributed by atoms with van der Waals surface area (Å²) in [6.45, 7) is 0.671. The average molecular weight is 362 g/mol. The third kappa shape index (κ3) is 3.90. The van der Waals surface area contributed by atoms with Crippen LogP contribution in [-0.2, 0) is 4.79 Å². The molecule has 0 bridgehead atoms. The second kappa shape index (κ2) is 7.81. The second-order valence-electron chi connectivity index (χ2n) is 5.83. The Hall–Kier alpha value is -3.17. The lowest BCUT2D eigenvalue weighted by atomic mass is 10.1. The number of carbonyl (C=O) groups is 1. The maximum absolute atomic E-state index is 12.0. The monoisotopic (exact) mass is 362 g/mol. The van der Waals surface area contributed by atoms with Gasteiger partial charge in [-0.3, -0.25) is 4.79 Å². The first-order valence-electron chi connectivity index (χ1n) is 8.14. The van der Waals surface area contributed by atoms with Crippen molar-refractivity contribution >= 4 is 44.8 Å². The van der Waals surface area contributed by atoms with Crippen LogP contribution in [-0.4, -0.2) is 24.5 Å². The third-order valence-corrected chi connectivity index (χ3v) is 5.06. The molecule has 2 N–H and O–H groups in total. The Balaban J connectivity index is 1.89. The van der Waals surface area contributed by atoms with Gasteiger partial charge in [-0.15, -0.1) is 11.3 Å². The summed E-state index contributed by atoms with van der Waals surface area (Å²) in [7, 11) is 1.94. The van der Waals surface area contributed by atoms with Gasteiger partial charge in [0.15, 0.2) is 0 Å². The normalized spacial score (nSPS) is 11.3. The molecule has 0 spiro atoms. The summed E-state index contributed by atoms with van der Waals surface area (Å²) in [6.07, 6.45) is 2.24. The number of benzene rings is 2. The van der Waals surface area contributed by atoms with Crippen molar-refractivity contribution in [3.05, 3.63) is 59.1 Å². The number of nitrogens with zero attached hydrogens (tertiary/aromatic N) is 3. The number of aromatic nitrogens is 1. The fraction of sp³-hybridized carbons (Fsp3) is 0.150. The van der Waals surface area contributed by atoms with E-state index in [9.17, 15) is 4.79 Å². The van der Waals surface area contributed by atoms with E-state index in [4.69, 9.17) is 11.0 Å². The van der Waals surface area contributed by atoms with Crippen LogP contribution in [0.5, 0.6) is 0 Å². The zero-order valence-corrected chi connectivity index (χ0v) is 15.2. The highest BCUT2D eigenvalue weighted by Crippen LogP contribution is 2.28. The molecule has 0 aliphatic carbocycles. The molecule has 1 amide bonds. The zero-order valence-electron chi connectivity index (χ0n) is 14.3. The van der Waals surface area contributed by atoms with Gasteiger partial charge in [-0.2, -0.15) is 5.26 Å². The molecule has 0 aliphatic heterocycles. The van der Waals surface area contributed by atoms with Gasteiger partial charge in [0, 0.05) is 19.3 Å². The van der Waals surface area contributed by atoms with Crippen molar-refractivity contribution in [1.82, 2.24) is 4.98 Å². The third-order valence-electron chi connectivity index (χ3n) is 3.99. The number of para-hydroxylation sites is 1. The Morgan fingerprint density at radius 3 is 2.65 bits per heavy atom. The van der Waals surface area contributed by atoms with E-state index in [1.165, 1.54) is 11.3 Å². The Kier molecular flexibility index (Phi) is 5.30. The van der Waals surface area contributed by atoms with Gasteiger partial charge in [0.25, 0.3) is 5.91 Å². The largest absolute Gasteiger partial charge is 0.374 e. The van der Waals surface area contributed by atoms with Crippen molar-refractivity contribution in [3.63, 3.8) is 0 Å². The highest BCUT2D eigenvalue weighted by Gasteiger charge is 2.14. The number of anilines is 1. The molecule has 2 aromatic carbocycles. The Labute approximate surface area is 156 Å². The Morgan fingerprint density at radius 1 is 1.27 bits per heavy atom. The number of primary amides is 1. The van der Waals surface area contributed by atoms with E-state index in [1.807, 2.05) is 60.5 Å². The molecule has 0 aliphatic rings. The van der Waals surface area contributed by atoms with Crippen LogP contribution in [0, 0.1) is 11.3 Å². The van der Waals surface area contributed by atoms with Crippen LogP contribution in [0.2, 0.25) is 0 Å². The van der Waals surface area contributed by atoms with E-state index in [-0.39, 0.29) is 0 Å². The van der Waals surface area contributed by atoms with Crippen LogP contribution < -0.4 is 10.6 Å². The number of nitrogens with two attached hydrogens (primary N) is 1. The summed E-state index contributed by atoms with van der Waals surface area (Å²) in [4.78, 5) is 18.5. The lowest BCUT2D eigenvalue weighted by Crippen LogP contribution is -2.17. The highest BCUT2D eigenvalue weighted by atomic mass is 32.1. The van der Waals surface area contributed by atoms with E-state index in [0.717, 1.165) is 21.5 Å². The lowest BCUT2D eigenvalue weighted by Gasteiger charge is -2.17. The molecule has 26 heavy (non-hydrogen) atoms. The minimum atomic E-state index is -0.501. The molecule has 0 atom stereocenters. The number of nitriles is 1. The number of thiazole rings is 1. The van der Waals surface area contributed by atoms with Gasteiger partial charge in [0.2, 0.25) is 0 Å². The predicted molar refractivity (Wildman–Crippen MR) is 107 cm³/mol. The van der Waals surface area contributed by atoms with Crippen LogP contribution in [0.15, 0.2) is 48.5 Å². The molecule has 3 rings (SSSR count). The quantitative estimate of drug-likeness (QED) is 0.678. The van der Waals surface area contributed by atoms with E-state index in [2.05, 4.69) is 11.1 Å². The van der Waals surface area contributed by atoms with Crippen LogP contribution in [0.1, 0.15) is 17.0 Å². The minimum absolute atomic E-state index is 0.400. The molecule has 0 saturated heterocycles. The SMILES string of the molecule is CN(CCC#N)c1ccc(C=C(C(N)=O)c2nc3ccccc3s2)cc1. The number of fused-ring (bicyclic) bond motifs is 1. The molecule has 0 radical (unpaired) electrons. The first-order valence-corrected chi connectivity index (χ1v) is 8.96. The van der Waals surface area contributed by atoms with Gasteiger partial charge in [-0.25, -0.2) is 4.98 Å². The first kappa shape index (κ1) is 17.6. The van der Waals surface area contributed by atoms with E-state index in [0.29, 0.717) is 23.5 Å². The smallest absolute Gasteiger partial charge is 0.251 e. The molecule has 130 valence electrons. The standard InChI is InChI=1S/C20H18N4OS/c1-24(12-4-11-21)15-9-7-14(8-10-15)13-16(19(22)25)20-23-17-5-2-3-6-18(17)26-20/h2-3,5-10,13H,4,12H2,1H3,(H2,22,25). The highest BCUT2D eigenvalue weighted by molar-refractivity contribution is 7.19. The molecule has 6 heteroatoms. The second-order valence-corrected chi connectivity index (χ2v) is 6.86. The fourth-order valence-corrected chi connectivity index (χ4v) is 3.55. The Morgan fingerprint density at radius 2 is 2.00 bits per heavy atom. The number of amides is 1. The summed E-state index contributed by atoms with van der Waals surface area (Å²) in [5.41, 5.74) is 8.73.